The average Bonchev–Trinajstić information content (AvgIpc) is 2.84. The van der Waals surface area contributed by atoms with E-state index in [1.165, 1.54) is 0 Å². The van der Waals surface area contributed by atoms with Crippen molar-refractivity contribution in [3.05, 3.63) is 36.4 Å². The van der Waals surface area contributed by atoms with Crippen LogP contribution in [0.1, 0.15) is 27.2 Å². The van der Waals surface area contributed by atoms with E-state index in [0.717, 1.165) is 48.6 Å². The zero-order valence-corrected chi connectivity index (χ0v) is 24.2. The first-order valence-electron chi connectivity index (χ1n) is 12.8. The molecule has 11 heteroatoms. The molecule has 0 aromatic heterocycles. The van der Waals surface area contributed by atoms with Gasteiger partial charge in [0.2, 0.25) is 10.0 Å². The maximum atomic E-state index is 13.0. The fraction of sp³-hybridized carbons (Fsp3) is 0.600. The van der Waals surface area contributed by atoms with Crippen molar-refractivity contribution in [1.29, 1.82) is 0 Å². The van der Waals surface area contributed by atoms with E-state index in [9.17, 15) is 8.42 Å². The lowest BCUT2D eigenvalue weighted by atomic mass is 10.1. The van der Waals surface area contributed by atoms with Crippen molar-refractivity contribution >= 4 is 35.3 Å². The maximum absolute atomic E-state index is 13.0. The number of hydrogen-bond acceptors (Lipinski definition) is 8. The van der Waals surface area contributed by atoms with Crippen molar-refractivity contribution in [3.8, 4) is 0 Å². The number of anilines is 1. The Labute approximate surface area is 218 Å². The van der Waals surface area contributed by atoms with Gasteiger partial charge in [-0.2, -0.15) is 0 Å². The third-order valence-corrected chi connectivity index (χ3v) is 10.3. The summed E-state index contributed by atoms with van der Waals surface area (Å²) in [5.41, 5.74) is 0.986. The zero-order chi connectivity index (χ0) is 26.4. The van der Waals surface area contributed by atoms with Crippen LogP contribution in [-0.4, -0.2) is 83.9 Å². The summed E-state index contributed by atoms with van der Waals surface area (Å²) >= 11 is 0. The molecule has 0 saturated heterocycles. The van der Waals surface area contributed by atoms with Crippen molar-refractivity contribution in [2.24, 2.45) is 0 Å². The standard InChI is InChI=1S/C25H44N4O5SSi/c1-6-32-36(33-7-2,34-8-3)21-11-16-26-17-18-27-19-20-28-35(30,31)25-15-10-12-22-23(25)13-9-14-24(22)29(4)5/h9-10,12-15,26-28H,6-8,11,16-21H2,1-5H3. The molecule has 0 aliphatic heterocycles. The van der Waals surface area contributed by atoms with Crippen LogP contribution in [-0.2, 0) is 23.3 Å². The second-order valence-electron chi connectivity index (χ2n) is 8.51. The van der Waals surface area contributed by atoms with E-state index in [0.29, 0.717) is 37.8 Å². The third kappa shape index (κ3) is 9.07. The molecule has 0 aliphatic carbocycles. The summed E-state index contributed by atoms with van der Waals surface area (Å²) in [4.78, 5) is 2.29. The quantitative estimate of drug-likeness (QED) is 0.185. The van der Waals surface area contributed by atoms with E-state index >= 15 is 0 Å². The zero-order valence-electron chi connectivity index (χ0n) is 22.4. The second-order valence-corrected chi connectivity index (χ2v) is 13.0. The van der Waals surface area contributed by atoms with E-state index in [-0.39, 0.29) is 0 Å². The molecule has 2 aromatic carbocycles. The van der Waals surface area contributed by atoms with Crippen LogP contribution in [0.15, 0.2) is 41.3 Å². The molecule has 0 radical (unpaired) electrons. The minimum atomic E-state index is -3.62. The van der Waals surface area contributed by atoms with Crippen LogP contribution in [0.4, 0.5) is 5.69 Å². The van der Waals surface area contributed by atoms with Gasteiger partial charge in [-0.25, -0.2) is 13.1 Å². The Balaban J connectivity index is 1.72. The van der Waals surface area contributed by atoms with Crippen molar-refractivity contribution in [1.82, 2.24) is 15.4 Å². The van der Waals surface area contributed by atoms with Crippen LogP contribution >= 0.6 is 0 Å². The molecule has 0 heterocycles. The summed E-state index contributed by atoms with van der Waals surface area (Å²) in [7, 11) is -2.29. The van der Waals surface area contributed by atoms with Gasteiger partial charge >= 0.3 is 8.80 Å². The van der Waals surface area contributed by atoms with Gasteiger partial charge in [-0.3, -0.25) is 0 Å². The summed E-state index contributed by atoms with van der Waals surface area (Å²) in [6.07, 6.45) is 0.909. The number of nitrogens with zero attached hydrogens (tertiary/aromatic N) is 1. The van der Waals surface area contributed by atoms with Crippen molar-refractivity contribution in [3.63, 3.8) is 0 Å². The number of fused-ring (bicyclic) bond motifs is 1. The smallest absolute Gasteiger partial charge is 0.377 e. The number of benzene rings is 2. The molecule has 0 saturated carbocycles. The number of hydrogen-bond donors (Lipinski definition) is 3. The van der Waals surface area contributed by atoms with Gasteiger partial charge in [0.1, 0.15) is 0 Å². The summed E-state index contributed by atoms with van der Waals surface area (Å²) in [6, 6.07) is 11.9. The minimum Gasteiger partial charge on any atom is -0.377 e. The third-order valence-electron chi connectivity index (χ3n) is 5.63. The summed E-state index contributed by atoms with van der Waals surface area (Å²) < 4.78 is 46.3. The molecule has 0 aliphatic rings. The molecule has 2 rings (SSSR count). The predicted octanol–water partition coefficient (Wildman–Crippen LogP) is 2.80. The first-order chi connectivity index (χ1) is 17.3. The number of sulfonamides is 1. The molecule has 0 atom stereocenters. The monoisotopic (exact) mass is 540 g/mol. The topological polar surface area (TPSA) is 101 Å². The van der Waals surface area contributed by atoms with Crippen molar-refractivity contribution in [2.75, 3.05) is 71.5 Å². The molecule has 0 fully saturated rings. The van der Waals surface area contributed by atoms with Crippen molar-refractivity contribution in [2.45, 2.75) is 38.1 Å². The first kappa shape index (κ1) is 30.6. The Morgan fingerprint density at radius 3 is 1.94 bits per heavy atom. The Morgan fingerprint density at radius 1 is 0.778 bits per heavy atom. The molecule has 2 aromatic rings. The van der Waals surface area contributed by atoms with Crippen LogP contribution in [0.2, 0.25) is 6.04 Å². The molecule has 36 heavy (non-hydrogen) atoms. The lowest BCUT2D eigenvalue weighted by molar-refractivity contribution is 0.0708. The SMILES string of the molecule is CCO[Si](CCCNCCNCCNS(=O)(=O)c1cccc2c(N(C)C)cccc12)(OCC)OCC. The molecule has 3 N–H and O–H groups in total. The van der Waals surface area contributed by atoms with Gasteiger partial charge in [-0.05, 0) is 45.9 Å². The molecule has 0 bridgehead atoms. The van der Waals surface area contributed by atoms with Gasteiger partial charge in [-0.15, -0.1) is 0 Å². The van der Waals surface area contributed by atoms with Gasteiger partial charge in [-0.1, -0.05) is 24.3 Å². The second kappa shape index (κ2) is 15.6. The van der Waals surface area contributed by atoms with Crippen LogP contribution < -0.4 is 20.3 Å². The molecule has 204 valence electrons. The number of nitrogens with one attached hydrogen (secondary N) is 3. The lowest BCUT2D eigenvalue weighted by Crippen LogP contribution is -2.46. The average molecular weight is 541 g/mol. The normalized spacial score (nSPS) is 12.4. The van der Waals surface area contributed by atoms with E-state index in [4.69, 9.17) is 13.3 Å². The molecule has 0 spiro atoms. The predicted molar refractivity (Wildman–Crippen MR) is 149 cm³/mol. The van der Waals surface area contributed by atoms with E-state index in [1.54, 1.807) is 12.1 Å². The summed E-state index contributed by atoms with van der Waals surface area (Å²) in [6.45, 7) is 10.9. The number of rotatable bonds is 19. The van der Waals surface area contributed by atoms with E-state index in [1.807, 2.05) is 64.0 Å². The molecule has 9 nitrogen and oxygen atoms in total. The summed E-state index contributed by atoms with van der Waals surface area (Å²) in [5.74, 6) is 0. The fourth-order valence-corrected chi connectivity index (χ4v) is 7.96. The van der Waals surface area contributed by atoms with Gasteiger partial charge in [0.25, 0.3) is 0 Å². The van der Waals surface area contributed by atoms with Gasteiger partial charge in [0.15, 0.2) is 0 Å². The van der Waals surface area contributed by atoms with Crippen LogP contribution in [0, 0.1) is 0 Å². The Bertz CT molecular complexity index is 1010. The van der Waals surface area contributed by atoms with E-state index in [2.05, 4.69) is 15.4 Å². The Kier molecular flexibility index (Phi) is 13.3. The highest BCUT2D eigenvalue weighted by Gasteiger charge is 2.39. The van der Waals surface area contributed by atoms with Crippen LogP contribution in [0.25, 0.3) is 10.8 Å². The van der Waals surface area contributed by atoms with Crippen LogP contribution in [0.3, 0.4) is 0 Å². The van der Waals surface area contributed by atoms with Gasteiger partial charge in [0, 0.05) is 82.6 Å². The van der Waals surface area contributed by atoms with Crippen molar-refractivity contribution < 1.29 is 21.7 Å². The fourth-order valence-electron chi connectivity index (χ4n) is 4.10. The molecular formula is C25H44N4O5SSi. The first-order valence-corrected chi connectivity index (χ1v) is 16.2. The Morgan fingerprint density at radius 2 is 1.33 bits per heavy atom. The molecular weight excluding hydrogens is 496 g/mol. The Hall–Kier alpha value is -1.57. The van der Waals surface area contributed by atoms with Gasteiger partial charge < -0.3 is 28.8 Å². The molecule has 0 amide bonds. The largest absolute Gasteiger partial charge is 0.500 e. The highest BCUT2D eigenvalue weighted by molar-refractivity contribution is 7.89. The highest BCUT2D eigenvalue weighted by atomic mass is 32.2. The molecule has 0 unspecified atom stereocenters. The lowest BCUT2D eigenvalue weighted by Gasteiger charge is -2.28. The minimum absolute atomic E-state index is 0.302. The van der Waals surface area contributed by atoms with E-state index < -0.39 is 18.8 Å². The maximum Gasteiger partial charge on any atom is 0.500 e. The summed E-state index contributed by atoms with van der Waals surface area (Å²) in [5, 5.41) is 8.32. The van der Waals surface area contributed by atoms with Crippen LogP contribution in [0.5, 0.6) is 0 Å². The van der Waals surface area contributed by atoms with Gasteiger partial charge in [0.05, 0.1) is 4.90 Å². The highest BCUT2D eigenvalue weighted by Crippen LogP contribution is 2.30.